The number of fused-ring (bicyclic) bond motifs is 1. The van der Waals surface area contributed by atoms with Crippen LogP contribution in [0.25, 0.3) is 0 Å². The van der Waals surface area contributed by atoms with Crippen LogP contribution in [0.2, 0.25) is 0 Å². The summed E-state index contributed by atoms with van der Waals surface area (Å²) in [6, 6.07) is 19.6. The molecule has 1 aromatic heterocycles. The van der Waals surface area contributed by atoms with Crippen LogP contribution in [-0.2, 0) is 36.8 Å². The van der Waals surface area contributed by atoms with Gasteiger partial charge < -0.3 is 26.0 Å². The lowest BCUT2D eigenvalue weighted by molar-refractivity contribution is -0.146. The van der Waals surface area contributed by atoms with Crippen LogP contribution in [0.1, 0.15) is 61.1 Å². The van der Waals surface area contributed by atoms with Crippen molar-refractivity contribution < 1.29 is 29.1 Å². The standard InChI is InChI=1S/C36H39N5O6/c42-31(19-23-8-3-1-4-9-23)38-28-15-13-26-14-16-30(41(26)35(28)47)34(46)39-29(18-24-10-7-17-37-22-24)33(45)40-36(21-32(43)44)20-27(36)25-11-5-2-6-12-25/h1-12,17,22,26-30H,13-16,18-21H2,(H,38,42)(H,39,46)(H,40,45)(H,43,44)/t26-,27-,28-,29-,30-,36?/m0/s1. The van der Waals surface area contributed by atoms with Gasteiger partial charge in [-0.05, 0) is 54.9 Å². The van der Waals surface area contributed by atoms with Crippen molar-refractivity contribution in [3.05, 3.63) is 102 Å². The predicted octanol–water partition coefficient (Wildman–Crippen LogP) is 2.51. The van der Waals surface area contributed by atoms with E-state index in [0.29, 0.717) is 32.1 Å². The molecule has 11 nitrogen and oxygen atoms in total. The normalized spacial score (nSPS) is 25.3. The van der Waals surface area contributed by atoms with Crippen molar-refractivity contribution in [3.63, 3.8) is 0 Å². The highest BCUT2D eigenvalue weighted by Crippen LogP contribution is 2.53. The Morgan fingerprint density at radius 2 is 1.62 bits per heavy atom. The number of rotatable bonds is 12. The number of nitrogens with one attached hydrogen (secondary N) is 3. The van der Waals surface area contributed by atoms with E-state index in [1.807, 2.05) is 60.7 Å². The van der Waals surface area contributed by atoms with Gasteiger partial charge in [0, 0.05) is 30.8 Å². The fraction of sp³-hybridized carbons (Fsp3) is 0.389. The van der Waals surface area contributed by atoms with Crippen molar-refractivity contribution in [2.24, 2.45) is 0 Å². The van der Waals surface area contributed by atoms with Gasteiger partial charge in [-0.2, -0.15) is 0 Å². The van der Waals surface area contributed by atoms with E-state index in [-0.39, 0.29) is 43.0 Å². The Morgan fingerprint density at radius 1 is 0.915 bits per heavy atom. The zero-order valence-corrected chi connectivity index (χ0v) is 26.0. The number of aromatic nitrogens is 1. The molecule has 2 aromatic carbocycles. The van der Waals surface area contributed by atoms with E-state index in [2.05, 4.69) is 20.9 Å². The van der Waals surface area contributed by atoms with Crippen molar-refractivity contribution in [2.45, 2.75) is 87.0 Å². The third-order valence-electron chi connectivity index (χ3n) is 9.60. The molecule has 3 aliphatic rings. The van der Waals surface area contributed by atoms with Gasteiger partial charge in [-0.1, -0.05) is 66.7 Å². The van der Waals surface area contributed by atoms with Gasteiger partial charge in [0.1, 0.15) is 18.1 Å². The molecule has 1 saturated carbocycles. The van der Waals surface area contributed by atoms with E-state index in [0.717, 1.165) is 16.7 Å². The summed E-state index contributed by atoms with van der Waals surface area (Å²) in [5, 5.41) is 18.5. The van der Waals surface area contributed by atoms with E-state index in [4.69, 9.17) is 0 Å². The number of carbonyl (C=O) groups is 5. The van der Waals surface area contributed by atoms with Crippen LogP contribution in [-0.4, -0.2) is 74.3 Å². The minimum Gasteiger partial charge on any atom is -0.481 e. The van der Waals surface area contributed by atoms with Crippen molar-refractivity contribution in [1.29, 1.82) is 0 Å². The summed E-state index contributed by atoms with van der Waals surface area (Å²) in [7, 11) is 0. The fourth-order valence-electron chi connectivity index (χ4n) is 7.22. The first-order valence-corrected chi connectivity index (χ1v) is 16.2. The van der Waals surface area contributed by atoms with Crippen LogP contribution in [0, 0.1) is 0 Å². The largest absolute Gasteiger partial charge is 0.481 e. The SMILES string of the molecule is O=C(O)CC1(NC(=O)[C@H](Cc2cccnc2)NC(=O)[C@@H]2CC[C@@H]3CC[C@H](NC(=O)Cc4ccccc4)C(=O)N32)C[C@H]1c1ccccc1. The second-order valence-corrected chi connectivity index (χ2v) is 12.9. The molecule has 11 heteroatoms. The molecule has 2 aliphatic heterocycles. The molecule has 3 aromatic rings. The topological polar surface area (TPSA) is 158 Å². The highest BCUT2D eigenvalue weighted by Gasteiger charge is 2.57. The summed E-state index contributed by atoms with van der Waals surface area (Å²) in [6.07, 6.45) is 5.96. The van der Waals surface area contributed by atoms with Gasteiger partial charge in [-0.15, -0.1) is 0 Å². The molecule has 1 unspecified atom stereocenters. The molecule has 4 amide bonds. The number of pyridine rings is 1. The quantitative estimate of drug-likeness (QED) is 0.238. The van der Waals surface area contributed by atoms with Crippen molar-refractivity contribution >= 4 is 29.6 Å². The molecule has 3 fully saturated rings. The summed E-state index contributed by atoms with van der Waals surface area (Å²) in [5.41, 5.74) is 1.52. The van der Waals surface area contributed by atoms with E-state index < -0.39 is 41.4 Å². The number of carbonyl (C=O) groups excluding carboxylic acids is 4. The molecule has 1 aliphatic carbocycles. The summed E-state index contributed by atoms with van der Waals surface area (Å²) < 4.78 is 0. The molecule has 244 valence electrons. The van der Waals surface area contributed by atoms with Gasteiger partial charge in [-0.25, -0.2) is 0 Å². The third kappa shape index (κ3) is 7.34. The zero-order valence-electron chi connectivity index (χ0n) is 26.0. The van der Waals surface area contributed by atoms with Crippen LogP contribution in [0.4, 0.5) is 0 Å². The van der Waals surface area contributed by atoms with Crippen molar-refractivity contribution in [3.8, 4) is 0 Å². The van der Waals surface area contributed by atoms with Crippen LogP contribution < -0.4 is 16.0 Å². The average molecular weight is 638 g/mol. The number of nitrogens with zero attached hydrogens (tertiary/aromatic N) is 2. The Labute approximate surface area is 273 Å². The molecular formula is C36H39N5O6. The molecule has 3 heterocycles. The zero-order chi connectivity index (χ0) is 33.0. The number of hydrogen-bond acceptors (Lipinski definition) is 6. The third-order valence-corrected chi connectivity index (χ3v) is 9.60. The molecule has 0 spiro atoms. The van der Waals surface area contributed by atoms with Crippen LogP contribution in [0.5, 0.6) is 0 Å². The Bertz CT molecular complexity index is 1620. The molecule has 6 atom stereocenters. The molecule has 47 heavy (non-hydrogen) atoms. The van der Waals surface area contributed by atoms with Crippen molar-refractivity contribution in [1.82, 2.24) is 25.8 Å². The van der Waals surface area contributed by atoms with E-state index in [9.17, 15) is 29.1 Å². The maximum atomic E-state index is 13.9. The fourth-order valence-corrected chi connectivity index (χ4v) is 7.22. The van der Waals surface area contributed by atoms with Crippen LogP contribution in [0.15, 0.2) is 85.2 Å². The maximum Gasteiger partial charge on any atom is 0.305 e. The summed E-state index contributed by atoms with van der Waals surface area (Å²) >= 11 is 0. The second-order valence-electron chi connectivity index (χ2n) is 12.9. The average Bonchev–Trinajstić information content (AvgIpc) is 3.56. The number of amides is 4. The van der Waals surface area contributed by atoms with Gasteiger partial charge in [0.15, 0.2) is 0 Å². The smallest absolute Gasteiger partial charge is 0.305 e. The van der Waals surface area contributed by atoms with Gasteiger partial charge in [0.2, 0.25) is 23.6 Å². The summed E-state index contributed by atoms with van der Waals surface area (Å²) in [4.78, 5) is 71.9. The number of carboxylic acid groups (broad SMARTS) is 1. The predicted molar refractivity (Wildman–Crippen MR) is 172 cm³/mol. The molecule has 2 saturated heterocycles. The number of carboxylic acids is 1. The maximum absolute atomic E-state index is 13.9. The molecule has 4 N–H and O–H groups in total. The van der Waals surface area contributed by atoms with Gasteiger partial charge in [-0.3, -0.25) is 29.0 Å². The van der Waals surface area contributed by atoms with E-state index in [1.165, 1.54) is 0 Å². The first-order chi connectivity index (χ1) is 22.7. The van der Waals surface area contributed by atoms with Crippen LogP contribution in [0.3, 0.4) is 0 Å². The van der Waals surface area contributed by atoms with Gasteiger partial charge >= 0.3 is 5.97 Å². The monoisotopic (exact) mass is 637 g/mol. The minimum absolute atomic E-state index is 0.122. The number of aliphatic carboxylic acids is 1. The lowest BCUT2D eigenvalue weighted by Crippen LogP contribution is -2.60. The molecule has 6 rings (SSSR count). The summed E-state index contributed by atoms with van der Waals surface area (Å²) in [6.45, 7) is 0. The molecule has 0 radical (unpaired) electrons. The first-order valence-electron chi connectivity index (χ1n) is 16.2. The summed E-state index contributed by atoms with van der Waals surface area (Å²) in [5.74, 6) is -2.70. The van der Waals surface area contributed by atoms with Crippen molar-refractivity contribution in [2.75, 3.05) is 0 Å². The second kappa shape index (κ2) is 13.7. The van der Waals surface area contributed by atoms with Gasteiger partial charge in [0.05, 0.1) is 18.4 Å². The lowest BCUT2D eigenvalue weighted by atomic mass is 9.97. The van der Waals surface area contributed by atoms with E-state index >= 15 is 0 Å². The Hall–Kier alpha value is -5.06. The first kappa shape index (κ1) is 31.9. The van der Waals surface area contributed by atoms with E-state index in [1.54, 1.807) is 29.4 Å². The minimum atomic E-state index is -1.03. The number of piperidine rings is 1. The highest BCUT2D eigenvalue weighted by molar-refractivity contribution is 5.96. The van der Waals surface area contributed by atoms with Gasteiger partial charge in [0.25, 0.3) is 0 Å². The molecule has 0 bridgehead atoms. The Balaban J connectivity index is 1.16. The Kier molecular flexibility index (Phi) is 9.33. The number of benzene rings is 2. The lowest BCUT2D eigenvalue weighted by Gasteiger charge is -2.38. The number of hydrogen-bond donors (Lipinski definition) is 4. The Morgan fingerprint density at radius 3 is 2.32 bits per heavy atom. The molecular weight excluding hydrogens is 598 g/mol. The van der Waals surface area contributed by atoms with Crippen LogP contribution >= 0.6 is 0 Å². The highest BCUT2D eigenvalue weighted by atomic mass is 16.4.